The van der Waals surface area contributed by atoms with Crippen LogP contribution >= 0.6 is 0 Å². The van der Waals surface area contributed by atoms with E-state index >= 15 is 0 Å². The summed E-state index contributed by atoms with van der Waals surface area (Å²) in [6.45, 7) is 10.1. The molecule has 0 aliphatic heterocycles. The lowest BCUT2D eigenvalue weighted by atomic mass is 9.61. The van der Waals surface area contributed by atoms with Crippen LogP contribution in [-0.2, 0) is 4.74 Å². The Labute approximate surface area is 113 Å². The summed E-state index contributed by atoms with van der Waals surface area (Å²) in [6, 6.07) is 1.42. The molecule has 18 heavy (non-hydrogen) atoms. The molecule has 5 atom stereocenters. The van der Waals surface area contributed by atoms with Crippen LogP contribution in [0.15, 0.2) is 0 Å². The Balaban J connectivity index is 1.90. The Morgan fingerprint density at radius 3 is 2.56 bits per heavy atom. The Bertz CT molecular complexity index is 268. The van der Waals surface area contributed by atoms with Gasteiger partial charge < -0.3 is 10.1 Å². The largest absolute Gasteiger partial charge is 0.378 e. The summed E-state index contributed by atoms with van der Waals surface area (Å²) in [6.07, 6.45) is 8.52. The van der Waals surface area contributed by atoms with E-state index in [1.54, 1.807) is 0 Å². The summed E-state index contributed by atoms with van der Waals surface area (Å²) in [5.74, 6) is 0.853. The fourth-order valence-electron chi connectivity index (χ4n) is 3.83. The van der Waals surface area contributed by atoms with Gasteiger partial charge in [-0.15, -0.1) is 0 Å². The predicted molar refractivity (Wildman–Crippen MR) is 76.8 cm³/mol. The van der Waals surface area contributed by atoms with Gasteiger partial charge in [-0.1, -0.05) is 33.6 Å². The second kappa shape index (κ2) is 5.92. The van der Waals surface area contributed by atoms with E-state index in [4.69, 9.17) is 4.74 Å². The van der Waals surface area contributed by atoms with Crippen LogP contribution in [0, 0.1) is 11.3 Å². The van der Waals surface area contributed by atoms with Gasteiger partial charge in [-0.3, -0.25) is 0 Å². The smallest absolute Gasteiger partial charge is 0.0658 e. The van der Waals surface area contributed by atoms with Crippen LogP contribution in [0.25, 0.3) is 0 Å². The third kappa shape index (κ3) is 2.60. The number of hydrogen-bond acceptors (Lipinski definition) is 2. The summed E-state index contributed by atoms with van der Waals surface area (Å²) < 4.78 is 5.89. The SMILES string of the molecule is CCOC1CC(NC2CCCCC2C)C1(C)CC. The molecule has 5 unspecified atom stereocenters. The first kappa shape index (κ1) is 14.3. The van der Waals surface area contributed by atoms with E-state index in [2.05, 4.69) is 33.0 Å². The summed E-state index contributed by atoms with van der Waals surface area (Å²) >= 11 is 0. The average molecular weight is 253 g/mol. The molecule has 2 aliphatic carbocycles. The molecular formula is C16H31NO. The highest BCUT2D eigenvalue weighted by Crippen LogP contribution is 2.46. The van der Waals surface area contributed by atoms with E-state index in [1.165, 1.54) is 38.5 Å². The van der Waals surface area contributed by atoms with E-state index in [1.807, 2.05) is 0 Å². The molecule has 106 valence electrons. The van der Waals surface area contributed by atoms with Gasteiger partial charge in [-0.25, -0.2) is 0 Å². The fraction of sp³-hybridized carbons (Fsp3) is 1.00. The molecule has 2 nitrogen and oxygen atoms in total. The topological polar surface area (TPSA) is 21.3 Å². The van der Waals surface area contributed by atoms with Crippen LogP contribution in [0.2, 0.25) is 0 Å². The zero-order valence-electron chi connectivity index (χ0n) is 12.7. The van der Waals surface area contributed by atoms with Gasteiger partial charge in [0.25, 0.3) is 0 Å². The maximum atomic E-state index is 5.89. The van der Waals surface area contributed by atoms with Crippen molar-refractivity contribution < 1.29 is 4.74 Å². The first-order valence-electron chi connectivity index (χ1n) is 7.99. The molecule has 0 aromatic heterocycles. The molecule has 0 heterocycles. The second-order valence-corrected chi connectivity index (χ2v) is 6.63. The van der Waals surface area contributed by atoms with E-state index in [0.717, 1.165) is 18.6 Å². The Morgan fingerprint density at radius 1 is 1.22 bits per heavy atom. The molecular weight excluding hydrogens is 222 g/mol. The summed E-state index contributed by atoms with van der Waals surface area (Å²) in [5, 5.41) is 3.95. The van der Waals surface area contributed by atoms with Crippen molar-refractivity contribution in [2.75, 3.05) is 6.61 Å². The first-order valence-corrected chi connectivity index (χ1v) is 7.99. The highest BCUT2D eigenvalue weighted by molar-refractivity contribution is 5.06. The normalized spacial score (nSPS) is 44.7. The third-order valence-electron chi connectivity index (χ3n) is 5.64. The van der Waals surface area contributed by atoms with Gasteiger partial charge in [0.15, 0.2) is 0 Å². The molecule has 0 spiro atoms. The lowest BCUT2D eigenvalue weighted by Gasteiger charge is -2.55. The van der Waals surface area contributed by atoms with Gasteiger partial charge in [0.2, 0.25) is 0 Å². The lowest BCUT2D eigenvalue weighted by molar-refractivity contribution is -0.129. The van der Waals surface area contributed by atoms with Gasteiger partial charge in [-0.05, 0) is 38.5 Å². The molecule has 2 rings (SSSR count). The quantitative estimate of drug-likeness (QED) is 0.805. The van der Waals surface area contributed by atoms with E-state index in [-0.39, 0.29) is 0 Å². The minimum absolute atomic E-state index is 0.354. The molecule has 0 radical (unpaired) electrons. The van der Waals surface area contributed by atoms with Crippen LogP contribution in [0.3, 0.4) is 0 Å². The molecule has 0 bridgehead atoms. The third-order valence-corrected chi connectivity index (χ3v) is 5.64. The van der Waals surface area contributed by atoms with Crippen molar-refractivity contribution in [1.82, 2.24) is 5.32 Å². The number of ether oxygens (including phenoxy) is 1. The van der Waals surface area contributed by atoms with Crippen molar-refractivity contribution in [3.8, 4) is 0 Å². The second-order valence-electron chi connectivity index (χ2n) is 6.63. The van der Waals surface area contributed by atoms with Crippen molar-refractivity contribution in [1.29, 1.82) is 0 Å². The van der Waals surface area contributed by atoms with Gasteiger partial charge in [-0.2, -0.15) is 0 Å². The van der Waals surface area contributed by atoms with Crippen LogP contribution < -0.4 is 5.32 Å². The van der Waals surface area contributed by atoms with Crippen molar-refractivity contribution in [3.05, 3.63) is 0 Å². The highest BCUT2D eigenvalue weighted by atomic mass is 16.5. The van der Waals surface area contributed by atoms with Crippen molar-refractivity contribution in [2.24, 2.45) is 11.3 Å². The number of rotatable bonds is 5. The average Bonchev–Trinajstić information content (AvgIpc) is 2.38. The summed E-state index contributed by atoms with van der Waals surface area (Å²) in [4.78, 5) is 0. The van der Waals surface area contributed by atoms with Gasteiger partial charge in [0.1, 0.15) is 0 Å². The van der Waals surface area contributed by atoms with Crippen LogP contribution in [0.5, 0.6) is 0 Å². The zero-order valence-corrected chi connectivity index (χ0v) is 12.7. The number of hydrogen-bond donors (Lipinski definition) is 1. The Kier molecular flexibility index (Phi) is 4.71. The van der Waals surface area contributed by atoms with E-state index < -0.39 is 0 Å². The van der Waals surface area contributed by atoms with Crippen LogP contribution in [-0.4, -0.2) is 24.8 Å². The lowest BCUT2D eigenvalue weighted by Crippen LogP contribution is -2.64. The minimum Gasteiger partial charge on any atom is -0.378 e. The Morgan fingerprint density at radius 2 is 1.94 bits per heavy atom. The Hall–Kier alpha value is -0.0800. The molecule has 2 heteroatoms. The fourth-order valence-corrected chi connectivity index (χ4v) is 3.83. The highest BCUT2D eigenvalue weighted by Gasteiger charge is 2.51. The molecule has 1 N–H and O–H groups in total. The minimum atomic E-state index is 0.354. The van der Waals surface area contributed by atoms with Crippen molar-refractivity contribution in [3.63, 3.8) is 0 Å². The summed E-state index contributed by atoms with van der Waals surface area (Å²) in [7, 11) is 0. The first-order chi connectivity index (χ1) is 8.61. The maximum Gasteiger partial charge on any atom is 0.0658 e. The predicted octanol–water partition coefficient (Wildman–Crippen LogP) is 3.75. The molecule has 2 fully saturated rings. The standard InChI is InChI=1S/C16H31NO/c1-5-16(4)14(11-15(16)18-6-2)17-13-10-8-7-9-12(13)3/h12-15,17H,5-11H2,1-4H3. The zero-order chi connectivity index (χ0) is 13.2. The molecule has 2 aliphatic rings. The van der Waals surface area contributed by atoms with Crippen molar-refractivity contribution >= 4 is 0 Å². The van der Waals surface area contributed by atoms with Gasteiger partial charge in [0.05, 0.1) is 6.10 Å². The van der Waals surface area contributed by atoms with Gasteiger partial charge >= 0.3 is 0 Å². The summed E-state index contributed by atoms with van der Waals surface area (Å²) in [5.41, 5.74) is 0.354. The van der Waals surface area contributed by atoms with Crippen molar-refractivity contribution in [2.45, 2.75) is 84.4 Å². The molecule has 0 aromatic rings. The number of nitrogens with one attached hydrogen (secondary N) is 1. The van der Waals surface area contributed by atoms with E-state index in [9.17, 15) is 0 Å². The van der Waals surface area contributed by atoms with Gasteiger partial charge in [0, 0.05) is 24.1 Å². The molecule has 0 aromatic carbocycles. The maximum absolute atomic E-state index is 5.89. The molecule has 2 saturated carbocycles. The molecule has 0 amide bonds. The molecule has 0 saturated heterocycles. The van der Waals surface area contributed by atoms with E-state index in [0.29, 0.717) is 17.6 Å². The van der Waals surface area contributed by atoms with Crippen LogP contribution in [0.1, 0.15) is 66.2 Å². The van der Waals surface area contributed by atoms with Crippen LogP contribution in [0.4, 0.5) is 0 Å². The monoisotopic (exact) mass is 253 g/mol.